The van der Waals surface area contributed by atoms with Crippen molar-refractivity contribution in [3.8, 4) is 22.3 Å². The van der Waals surface area contributed by atoms with Gasteiger partial charge in [0.25, 0.3) is 0 Å². The summed E-state index contributed by atoms with van der Waals surface area (Å²) in [6.07, 6.45) is 0. The van der Waals surface area contributed by atoms with Crippen LogP contribution in [0.2, 0.25) is 39.3 Å². The Hall–Kier alpha value is -7.15. The zero-order valence-corrected chi connectivity index (χ0v) is 40.3. The van der Waals surface area contributed by atoms with E-state index in [1.807, 2.05) is 97.1 Å². The van der Waals surface area contributed by atoms with Crippen LogP contribution in [0, 0.1) is 34.9 Å². The third-order valence-corrected chi connectivity index (χ3v) is 17.0. The van der Waals surface area contributed by atoms with Crippen molar-refractivity contribution in [1.82, 2.24) is 0 Å². The first-order valence-corrected chi connectivity index (χ1v) is 29.5. The Morgan fingerprint density at radius 3 is 1.06 bits per heavy atom. The smallest absolute Gasteiger partial charge is 0.148 e. The van der Waals surface area contributed by atoms with Gasteiger partial charge in [-0.05, 0) is 105 Å². The molecule has 0 saturated heterocycles. The molecule has 10 aromatic carbocycles. The number of anilines is 6. The monoisotopic (exact) mass is 940 g/mol. The van der Waals surface area contributed by atoms with Gasteiger partial charge in [-0.3, -0.25) is 0 Å². The van der Waals surface area contributed by atoms with Crippen molar-refractivity contribution >= 4 is 93.0 Å². The summed E-state index contributed by atoms with van der Waals surface area (Å²) in [4.78, 5) is 3.44. The highest BCUT2D eigenvalue weighted by Crippen LogP contribution is 2.49. The van der Waals surface area contributed by atoms with E-state index in [0.29, 0.717) is 22.7 Å². The highest BCUT2D eigenvalue weighted by Gasteiger charge is 2.27. The maximum absolute atomic E-state index is 16.9. The van der Waals surface area contributed by atoms with Crippen LogP contribution < -0.4 is 20.2 Å². The molecule has 0 heterocycles. The molecule has 0 aliphatic heterocycles. The van der Waals surface area contributed by atoms with E-state index in [9.17, 15) is 8.78 Å². The van der Waals surface area contributed by atoms with E-state index in [0.717, 1.165) is 56.6 Å². The molecule has 0 amide bonds. The predicted octanol–water partition coefficient (Wildman–Crippen LogP) is 16.8. The van der Waals surface area contributed by atoms with Crippen LogP contribution in [-0.2, 0) is 0 Å². The van der Waals surface area contributed by atoms with Gasteiger partial charge in [0.2, 0.25) is 0 Å². The quantitative estimate of drug-likeness (QED) is 0.0766. The fourth-order valence-electron chi connectivity index (χ4n) is 9.37. The third kappa shape index (κ3) is 8.01. The first-order valence-electron chi connectivity index (χ1n) is 22.5. The average molecular weight is 941 g/mol. The molecule has 0 spiro atoms. The molecule has 0 fully saturated rings. The summed E-state index contributed by atoms with van der Waals surface area (Å²) in [6.45, 7) is 13.5. The summed E-state index contributed by atoms with van der Waals surface area (Å²) in [5, 5.41) is 7.29. The average Bonchev–Trinajstić information content (AvgIpc) is 3.30. The van der Waals surface area contributed by atoms with E-state index in [2.05, 4.69) is 39.3 Å². The van der Waals surface area contributed by atoms with Crippen LogP contribution in [0.25, 0.3) is 54.6 Å². The number of hydrogen-bond donors (Lipinski definition) is 0. The van der Waals surface area contributed by atoms with E-state index < -0.39 is 51.1 Å². The molecule has 68 heavy (non-hydrogen) atoms. The third-order valence-electron chi connectivity index (χ3n) is 12.9. The zero-order valence-electron chi connectivity index (χ0n) is 38.3. The summed E-state index contributed by atoms with van der Waals surface area (Å²) in [7, 11) is -3.51. The molecule has 10 rings (SSSR count). The van der Waals surface area contributed by atoms with Gasteiger partial charge < -0.3 is 9.80 Å². The molecule has 0 aliphatic carbocycles. The second-order valence-electron chi connectivity index (χ2n) is 19.4. The van der Waals surface area contributed by atoms with Gasteiger partial charge in [-0.2, -0.15) is 0 Å². The Kier molecular flexibility index (Phi) is 11.1. The lowest BCUT2D eigenvalue weighted by atomic mass is 9.91. The minimum absolute atomic E-state index is 0.0359. The second kappa shape index (κ2) is 16.9. The first-order chi connectivity index (χ1) is 32.4. The molecule has 0 radical (unpaired) electrons. The molecule has 0 aromatic heterocycles. The highest BCUT2D eigenvalue weighted by molar-refractivity contribution is 6.89. The highest BCUT2D eigenvalue weighted by atomic mass is 28.3. The normalized spacial score (nSPS) is 12.1. The minimum atomic E-state index is -1.75. The molecule has 10 aromatic rings. The maximum Gasteiger partial charge on any atom is 0.148 e. The summed E-state index contributed by atoms with van der Waals surface area (Å²) in [5.74, 6) is -3.98. The number of nitrogens with zero attached hydrogens (tertiary/aromatic N) is 2. The Labute approximate surface area is 393 Å². The van der Waals surface area contributed by atoms with Crippen LogP contribution >= 0.6 is 0 Å². The largest absolute Gasteiger partial charge is 0.307 e. The van der Waals surface area contributed by atoms with Gasteiger partial charge in [-0.1, -0.05) is 135 Å². The van der Waals surface area contributed by atoms with Crippen molar-refractivity contribution in [2.75, 3.05) is 9.80 Å². The SMILES string of the molecule is C[Si](C)(C)c1ccc(N(c2cc(F)c(-c3cccc(F)c3)cc2F)c2ccc3ccc4c(N(c5ccc([Si](C)(C)C)cc5)c5cc(F)c(-c6cccc(F)c6)cc5F)ccc5ccc2c3c54)cc1. The number of halogens is 6. The van der Waals surface area contributed by atoms with Crippen molar-refractivity contribution in [3.63, 3.8) is 0 Å². The van der Waals surface area contributed by atoms with Gasteiger partial charge >= 0.3 is 0 Å². The van der Waals surface area contributed by atoms with E-state index >= 15 is 17.6 Å². The van der Waals surface area contributed by atoms with Crippen molar-refractivity contribution in [1.29, 1.82) is 0 Å². The van der Waals surface area contributed by atoms with Gasteiger partial charge in [0.05, 0.1) is 38.9 Å². The van der Waals surface area contributed by atoms with E-state index in [4.69, 9.17) is 0 Å². The van der Waals surface area contributed by atoms with Crippen LogP contribution in [-0.4, -0.2) is 16.1 Å². The molecule has 2 nitrogen and oxygen atoms in total. The Morgan fingerprint density at radius 2 is 0.706 bits per heavy atom. The van der Waals surface area contributed by atoms with Crippen LogP contribution in [0.1, 0.15) is 0 Å². The van der Waals surface area contributed by atoms with Crippen LogP contribution in [0.5, 0.6) is 0 Å². The summed E-state index contributed by atoms with van der Waals surface area (Å²) < 4.78 is 95.2. The predicted molar refractivity (Wildman–Crippen MR) is 276 cm³/mol. The fraction of sp³-hybridized carbons (Fsp3) is 0.103. The lowest BCUT2D eigenvalue weighted by Crippen LogP contribution is -2.37. The molecular formula is C58H46F6N2Si2. The topological polar surface area (TPSA) is 6.48 Å². The van der Waals surface area contributed by atoms with Crippen molar-refractivity contribution in [2.24, 2.45) is 0 Å². The number of rotatable bonds is 10. The lowest BCUT2D eigenvalue weighted by molar-refractivity contribution is 0.603. The maximum atomic E-state index is 16.9. The summed E-state index contributed by atoms with van der Waals surface area (Å²) in [6, 6.07) is 46.9. The molecule has 0 bridgehead atoms. The van der Waals surface area contributed by atoms with Gasteiger partial charge in [0.15, 0.2) is 0 Å². The number of hydrogen-bond acceptors (Lipinski definition) is 2. The first kappa shape index (κ1) is 44.7. The van der Waals surface area contributed by atoms with Gasteiger partial charge in [-0.25, -0.2) is 26.3 Å². The van der Waals surface area contributed by atoms with E-state index in [-0.39, 0.29) is 33.6 Å². The molecule has 0 N–H and O–H groups in total. The lowest BCUT2D eigenvalue weighted by Gasteiger charge is -2.30. The second-order valence-corrected chi connectivity index (χ2v) is 29.6. The Bertz CT molecular complexity index is 3330. The van der Waals surface area contributed by atoms with Crippen LogP contribution in [0.15, 0.2) is 170 Å². The fourth-order valence-corrected chi connectivity index (χ4v) is 11.7. The van der Waals surface area contributed by atoms with E-state index in [1.54, 1.807) is 21.9 Å². The van der Waals surface area contributed by atoms with Gasteiger partial charge in [0.1, 0.15) is 34.9 Å². The standard InChI is InChI=1S/C58H46F6N2Si2/c1-67(2,3)43-21-17-41(18-22-43)65(55-33-49(61)47(31-51(55)63)37-9-7-11-39(59)29-37)53-27-15-35-14-26-46-54(28-16-36-13-25-45(53)57(35)58(36)46)66(42-19-23-44(24-20-42)68(4,5)6)56-34-50(62)48(32-52(56)64)38-10-8-12-40(60)30-38/h7-34H,1-6H3. The molecule has 0 aliphatic rings. The van der Waals surface area contributed by atoms with Gasteiger partial charge in [-0.15, -0.1) is 0 Å². The molecule has 0 atom stereocenters. The van der Waals surface area contributed by atoms with Gasteiger partial charge in [0, 0.05) is 45.4 Å². The molecule has 0 unspecified atom stereocenters. The van der Waals surface area contributed by atoms with Crippen molar-refractivity contribution < 1.29 is 26.3 Å². The Morgan fingerprint density at radius 1 is 0.338 bits per heavy atom. The number of benzene rings is 10. The molecule has 0 saturated carbocycles. The van der Waals surface area contributed by atoms with Crippen LogP contribution in [0.3, 0.4) is 0 Å². The summed E-state index contributed by atoms with van der Waals surface area (Å²) >= 11 is 0. The van der Waals surface area contributed by atoms with Crippen molar-refractivity contribution in [3.05, 3.63) is 205 Å². The molecule has 338 valence electrons. The zero-order chi connectivity index (χ0) is 47.8. The minimum Gasteiger partial charge on any atom is -0.307 e. The summed E-state index contributed by atoms with van der Waals surface area (Å²) in [5.41, 5.74) is 2.58. The molecular weight excluding hydrogens is 895 g/mol. The Balaban J connectivity index is 1.20. The van der Waals surface area contributed by atoms with Crippen molar-refractivity contribution in [2.45, 2.75) is 39.3 Å². The molecule has 10 heteroatoms. The van der Waals surface area contributed by atoms with Crippen LogP contribution in [0.4, 0.5) is 60.5 Å². The van der Waals surface area contributed by atoms with E-state index in [1.165, 1.54) is 46.8 Å².